The van der Waals surface area contributed by atoms with Gasteiger partial charge in [0.25, 0.3) is 0 Å². The van der Waals surface area contributed by atoms with Gasteiger partial charge in [0.1, 0.15) is 5.78 Å². The molecular formula is C27H49NO. The van der Waals surface area contributed by atoms with Gasteiger partial charge in [-0.3, -0.25) is 4.79 Å². The zero-order valence-electron chi connectivity index (χ0n) is 20.3. The van der Waals surface area contributed by atoms with Gasteiger partial charge < -0.3 is 5.73 Å². The minimum absolute atomic E-state index is 0.347. The van der Waals surface area contributed by atoms with E-state index in [2.05, 4.69) is 27.7 Å². The maximum atomic E-state index is 13.9. The quantitative estimate of drug-likeness (QED) is 0.557. The maximum Gasteiger partial charge on any atom is 0.139 e. The summed E-state index contributed by atoms with van der Waals surface area (Å²) in [4.78, 5) is 13.9. The molecule has 0 saturated heterocycles. The molecule has 2 N–H and O–H groups in total. The minimum Gasteiger partial charge on any atom is -0.330 e. The molecule has 4 rings (SSSR count). The van der Waals surface area contributed by atoms with Gasteiger partial charge in [0.15, 0.2) is 0 Å². The van der Waals surface area contributed by atoms with E-state index in [0.29, 0.717) is 52.1 Å². The van der Waals surface area contributed by atoms with Crippen LogP contribution in [0.5, 0.6) is 0 Å². The Morgan fingerprint density at radius 3 is 2.31 bits per heavy atom. The lowest BCUT2D eigenvalue weighted by atomic mass is 9.42. The number of fused-ring (bicyclic) bond motifs is 5. The SMILES string of the molecule is CC.CCC1C(=O)C2C(CCC3(C)C2CCC3[C@H](C)CCN)C2(C)CCCCC12. The molecule has 168 valence electrons. The van der Waals surface area contributed by atoms with Crippen molar-refractivity contribution in [3.63, 3.8) is 0 Å². The smallest absolute Gasteiger partial charge is 0.139 e. The van der Waals surface area contributed by atoms with Crippen molar-refractivity contribution in [3.05, 3.63) is 0 Å². The molecule has 0 aromatic heterocycles. The second-order valence-electron chi connectivity index (χ2n) is 11.3. The fourth-order valence-corrected chi connectivity index (χ4v) is 9.15. The minimum atomic E-state index is 0.347. The van der Waals surface area contributed by atoms with Gasteiger partial charge in [0.2, 0.25) is 0 Å². The average molecular weight is 404 g/mol. The Morgan fingerprint density at radius 2 is 1.66 bits per heavy atom. The largest absolute Gasteiger partial charge is 0.330 e. The van der Waals surface area contributed by atoms with Gasteiger partial charge in [-0.2, -0.15) is 0 Å². The molecule has 8 unspecified atom stereocenters. The highest BCUT2D eigenvalue weighted by Crippen LogP contribution is 2.68. The second kappa shape index (κ2) is 9.01. The average Bonchev–Trinajstić information content (AvgIpc) is 3.07. The monoisotopic (exact) mass is 403 g/mol. The van der Waals surface area contributed by atoms with Crippen molar-refractivity contribution in [2.75, 3.05) is 6.54 Å². The summed E-state index contributed by atoms with van der Waals surface area (Å²) in [5.41, 5.74) is 6.72. The van der Waals surface area contributed by atoms with Crippen LogP contribution in [0.1, 0.15) is 106 Å². The van der Waals surface area contributed by atoms with Crippen LogP contribution in [0.15, 0.2) is 0 Å². The Balaban J connectivity index is 0.00000117. The van der Waals surface area contributed by atoms with Gasteiger partial charge in [0, 0.05) is 11.8 Å². The molecule has 4 saturated carbocycles. The summed E-state index contributed by atoms with van der Waals surface area (Å²) < 4.78 is 0. The number of Topliss-reactive ketones (excluding diaryl/α,β-unsaturated/α-hetero) is 1. The molecule has 29 heavy (non-hydrogen) atoms. The second-order valence-corrected chi connectivity index (χ2v) is 11.3. The van der Waals surface area contributed by atoms with E-state index in [0.717, 1.165) is 25.3 Å². The molecule has 2 nitrogen and oxygen atoms in total. The van der Waals surface area contributed by atoms with Crippen LogP contribution < -0.4 is 5.73 Å². The molecule has 0 radical (unpaired) electrons. The summed E-state index contributed by atoms with van der Waals surface area (Å²) in [5.74, 6) is 4.86. The van der Waals surface area contributed by atoms with Crippen molar-refractivity contribution < 1.29 is 4.79 Å². The Bertz CT molecular complexity index is 573. The maximum absolute atomic E-state index is 13.9. The fraction of sp³-hybridized carbons (Fsp3) is 0.963. The first kappa shape index (κ1) is 23.3. The van der Waals surface area contributed by atoms with E-state index in [4.69, 9.17) is 5.73 Å². The summed E-state index contributed by atoms with van der Waals surface area (Å²) in [5, 5.41) is 0. The van der Waals surface area contributed by atoms with Crippen LogP contribution in [0.25, 0.3) is 0 Å². The third kappa shape index (κ3) is 3.54. The zero-order valence-corrected chi connectivity index (χ0v) is 20.3. The Labute approximate surface area is 181 Å². The Hall–Kier alpha value is -0.370. The lowest BCUT2D eigenvalue weighted by Crippen LogP contribution is -2.59. The number of nitrogens with two attached hydrogens (primary N) is 1. The van der Waals surface area contributed by atoms with Crippen molar-refractivity contribution in [1.82, 2.24) is 0 Å². The predicted octanol–water partition coefficient (Wildman–Crippen LogP) is 6.86. The van der Waals surface area contributed by atoms with Crippen LogP contribution in [0, 0.1) is 52.3 Å². The van der Waals surface area contributed by atoms with Crippen molar-refractivity contribution in [2.24, 2.45) is 58.0 Å². The predicted molar refractivity (Wildman–Crippen MR) is 124 cm³/mol. The highest BCUT2D eigenvalue weighted by molar-refractivity contribution is 5.86. The van der Waals surface area contributed by atoms with E-state index in [9.17, 15) is 4.79 Å². The molecule has 0 aliphatic heterocycles. The van der Waals surface area contributed by atoms with E-state index >= 15 is 0 Å². The van der Waals surface area contributed by atoms with Crippen LogP contribution in [0.4, 0.5) is 0 Å². The summed E-state index contributed by atoms with van der Waals surface area (Å²) in [7, 11) is 0. The fourth-order valence-electron chi connectivity index (χ4n) is 9.15. The highest BCUT2D eigenvalue weighted by atomic mass is 16.1. The van der Waals surface area contributed by atoms with Crippen LogP contribution >= 0.6 is 0 Å². The molecule has 0 bridgehead atoms. The third-order valence-corrected chi connectivity index (χ3v) is 10.4. The van der Waals surface area contributed by atoms with Gasteiger partial charge >= 0.3 is 0 Å². The molecule has 0 amide bonds. The van der Waals surface area contributed by atoms with Crippen molar-refractivity contribution in [2.45, 2.75) is 106 Å². The molecule has 0 aromatic rings. The van der Waals surface area contributed by atoms with E-state index in [-0.39, 0.29) is 0 Å². The first-order chi connectivity index (χ1) is 13.9. The van der Waals surface area contributed by atoms with Gasteiger partial charge in [0.05, 0.1) is 0 Å². The molecule has 4 fully saturated rings. The van der Waals surface area contributed by atoms with E-state index in [1.54, 1.807) is 0 Å². The summed E-state index contributed by atoms with van der Waals surface area (Å²) >= 11 is 0. The van der Waals surface area contributed by atoms with E-state index < -0.39 is 0 Å². The van der Waals surface area contributed by atoms with Crippen molar-refractivity contribution in [1.29, 1.82) is 0 Å². The molecule has 0 aromatic carbocycles. The summed E-state index contributed by atoms with van der Waals surface area (Å²) in [6.45, 7) is 14.7. The van der Waals surface area contributed by atoms with Crippen molar-refractivity contribution >= 4 is 5.78 Å². The summed E-state index contributed by atoms with van der Waals surface area (Å²) in [6.07, 6.45) is 12.9. The topological polar surface area (TPSA) is 43.1 Å². The first-order valence-electron chi connectivity index (χ1n) is 13.1. The zero-order chi connectivity index (χ0) is 21.4. The first-order valence-corrected chi connectivity index (χ1v) is 13.1. The van der Waals surface area contributed by atoms with Crippen molar-refractivity contribution in [3.8, 4) is 0 Å². The van der Waals surface area contributed by atoms with E-state index in [1.807, 2.05) is 13.8 Å². The van der Waals surface area contributed by atoms with Crippen LogP contribution in [-0.4, -0.2) is 12.3 Å². The van der Waals surface area contributed by atoms with E-state index in [1.165, 1.54) is 51.4 Å². The molecule has 2 heteroatoms. The number of rotatable bonds is 4. The molecule has 9 atom stereocenters. The van der Waals surface area contributed by atoms with Gasteiger partial charge in [-0.15, -0.1) is 0 Å². The molecular weight excluding hydrogens is 354 g/mol. The Morgan fingerprint density at radius 1 is 0.966 bits per heavy atom. The lowest BCUT2D eigenvalue weighted by molar-refractivity contribution is -0.168. The summed E-state index contributed by atoms with van der Waals surface area (Å²) in [6, 6.07) is 0. The number of ketones is 1. The lowest BCUT2D eigenvalue weighted by Gasteiger charge is -2.62. The molecule has 4 aliphatic carbocycles. The normalized spacial score (nSPS) is 47.3. The number of carbonyl (C=O) groups is 1. The molecule has 4 aliphatic rings. The molecule has 0 spiro atoms. The Kier molecular flexibility index (Phi) is 7.24. The number of hydrogen-bond donors (Lipinski definition) is 1. The van der Waals surface area contributed by atoms with Crippen LogP contribution in [-0.2, 0) is 4.79 Å². The number of carbonyl (C=O) groups excluding carboxylic acids is 1. The van der Waals surface area contributed by atoms with Crippen LogP contribution in [0.2, 0.25) is 0 Å². The molecule has 0 heterocycles. The number of hydrogen-bond acceptors (Lipinski definition) is 2. The highest BCUT2D eigenvalue weighted by Gasteiger charge is 2.64. The van der Waals surface area contributed by atoms with Gasteiger partial charge in [-0.1, -0.05) is 54.4 Å². The third-order valence-electron chi connectivity index (χ3n) is 10.4. The van der Waals surface area contributed by atoms with Gasteiger partial charge in [-0.05, 0) is 98.3 Å². The standard InChI is InChI=1S/C25H43NO.C2H6/c1-5-17-19-8-6-7-13-24(19,3)21-11-14-25(4)18(16(2)12-15-26)9-10-20(25)22(21)23(17)27;1-2/h16-22H,5-15,26H2,1-4H3;1-2H3/t16-,17?,18?,19?,20?,21?,22?,24?,25?;/m1./s1. The van der Waals surface area contributed by atoms with Crippen LogP contribution in [0.3, 0.4) is 0 Å². The van der Waals surface area contributed by atoms with Gasteiger partial charge in [-0.25, -0.2) is 0 Å².